The number of carbonyl (C=O) groups is 3. The maximum Gasteiger partial charge on any atom is 0.244 e. The number of halogens is 9. The Bertz CT molecular complexity index is 4990. The molecule has 3 aliphatic rings. The zero-order valence-electron chi connectivity index (χ0n) is 52.5. The number of likely N-dealkylation sites (tertiary alicyclic amines) is 3. The van der Waals surface area contributed by atoms with Crippen LogP contribution in [0.3, 0.4) is 0 Å². The zero-order chi connectivity index (χ0) is 68.5. The lowest BCUT2D eigenvalue weighted by molar-refractivity contribution is -0.131. The summed E-state index contributed by atoms with van der Waals surface area (Å²) in [6.45, 7) is 4.43. The van der Waals surface area contributed by atoms with Crippen LogP contribution in [0.25, 0.3) is 101 Å². The number of alkyl halides is 3. The van der Waals surface area contributed by atoms with Gasteiger partial charge in [0.15, 0.2) is 16.9 Å². The summed E-state index contributed by atoms with van der Waals surface area (Å²) < 4.78 is 86.6. The number of rotatable bonds is 12. The molecule has 3 saturated heterocycles. The molecular formula is C71H58Cl3F6N15O3. The van der Waals surface area contributed by atoms with E-state index in [2.05, 4.69) is 45.9 Å². The highest BCUT2D eigenvalue weighted by molar-refractivity contribution is 6.40. The number of amides is 3. The molecule has 0 spiro atoms. The topological polar surface area (TPSA) is 192 Å². The van der Waals surface area contributed by atoms with E-state index in [0.717, 1.165) is 22.3 Å². The normalized spacial score (nSPS) is 16.0. The molecule has 9 heterocycles. The lowest BCUT2D eigenvalue weighted by atomic mass is 10.0. The van der Waals surface area contributed by atoms with E-state index in [-0.39, 0.29) is 68.6 Å². The molecular weight excluding hydrogens is 1330 g/mol. The number of hydrogen-bond donors (Lipinski definition) is 0. The maximum atomic E-state index is 14.1. The number of hydrogen-bond acceptors (Lipinski definition) is 12. The third-order valence-electron chi connectivity index (χ3n) is 17.2. The first-order valence-corrected chi connectivity index (χ1v) is 32.5. The first-order valence-electron chi connectivity index (χ1n) is 31.3. The predicted molar refractivity (Wildman–Crippen MR) is 361 cm³/mol. The summed E-state index contributed by atoms with van der Waals surface area (Å²) >= 11 is 20.4. The summed E-state index contributed by atoms with van der Waals surface area (Å²) in [5.74, 6) is -1.91. The largest absolute Gasteiger partial charge is 0.338 e. The molecule has 0 aliphatic carbocycles. The molecule has 3 aliphatic heterocycles. The minimum atomic E-state index is -1.02. The van der Waals surface area contributed by atoms with E-state index < -0.39 is 24.3 Å². The van der Waals surface area contributed by atoms with Gasteiger partial charge in [-0.3, -0.25) is 14.4 Å². The fraction of sp³-hybridized carbons (Fsp3) is 0.239. The second kappa shape index (κ2) is 28.5. The fourth-order valence-electron chi connectivity index (χ4n) is 12.1. The number of nitrogens with zero attached hydrogens (tertiary/aromatic N) is 15. The molecule has 12 aromatic rings. The summed E-state index contributed by atoms with van der Waals surface area (Å²) in [6, 6.07) is 43.0. The van der Waals surface area contributed by atoms with Crippen molar-refractivity contribution >= 4 is 85.6 Å². The van der Waals surface area contributed by atoms with Gasteiger partial charge in [0.25, 0.3) is 0 Å². The minimum absolute atomic E-state index is 0.0679. The minimum Gasteiger partial charge on any atom is -0.338 e. The molecule has 0 unspecified atom stereocenters. The van der Waals surface area contributed by atoms with Gasteiger partial charge in [-0.05, 0) is 98.8 Å². The van der Waals surface area contributed by atoms with Crippen LogP contribution < -0.4 is 0 Å². The van der Waals surface area contributed by atoms with Crippen molar-refractivity contribution in [3.05, 3.63) is 195 Å². The van der Waals surface area contributed by atoms with Crippen LogP contribution in [-0.2, 0) is 34.0 Å². The third kappa shape index (κ3) is 13.8. The first kappa shape index (κ1) is 66.4. The SMILES string of the molecule is Cc1cc(-c2nn(CC(=O)N3CC[C@@H](F)C3)c3nnc(-c4ccccc4)c(Cl)c23)ccc1F.Cc1ccc(F)cc1-c1nn(CC(=O)N2CC[C@@H](F)C2)c2nnc(-c3ccccc3)c(Cl)c12.O=C(Cn1nc(-c2ccc(F)cc2)c2c(Cl)c(-c3ccccc3)nnc21)N1CC[C@@H](F)C1. The monoisotopic (exact) mass is 1390 g/mol. The molecule has 0 bridgehead atoms. The second-order valence-corrected chi connectivity index (χ2v) is 25.0. The zero-order valence-corrected chi connectivity index (χ0v) is 54.8. The van der Waals surface area contributed by atoms with E-state index in [1.165, 1.54) is 59.1 Å². The van der Waals surface area contributed by atoms with E-state index >= 15 is 0 Å². The average Bonchev–Trinajstić information content (AvgIpc) is 1.60. The van der Waals surface area contributed by atoms with Gasteiger partial charge in [0.05, 0.1) is 50.9 Å². The Morgan fingerprint density at radius 3 is 1.12 bits per heavy atom. The lowest BCUT2D eigenvalue weighted by Crippen LogP contribution is -2.32. The van der Waals surface area contributed by atoms with Crippen LogP contribution in [0.4, 0.5) is 26.3 Å². The quantitative estimate of drug-likeness (QED) is 0.105. The standard InChI is InChI=1S/2C24H20ClF2N5O.C23H18ClF2N5O/c1-14-11-16(7-8-18(14)27)22-20-21(25)23(15-5-3-2-4-6-15)28-29-24(20)32(30-22)13-19(33)31-10-9-17(26)12-31;1-14-7-8-16(26)11-18(14)23-20-21(25)22(15-5-3-2-4-6-15)28-29-24(20)32(30-23)13-19(33)31-10-9-17(27)12-31;24-20-19-21(15-6-8-16(25)9-7-15)29-31(13-18(32)30-11-10-17(26)12-30)23(19)28-27-22(20)14-4-2-1-3-5-14/h2*2-8,11,17H,9-10,12-13H2,1H3;1-9,17H,10-13H2/t3*17-/m111/s1. The van der Waals surface area contributed by atoms with Gasteiger partial charge < -0.3 is 14.7 Å². The van der Waals surface area contributed by atoms with E-state index in [4.69, 9.17) is 34.8 Å². The van der Waals surface area contributed by atoms with Gasteiger partial charge in [0.1, 0.15) is 89.8 Å². The highest BCUT2D eigenvalue weighted by atomic mass is 35.5. The van der Waals surface area contributed by atoms with Crippen molar-refractivity contribution in [2.75, 3.05) is 39.3 Å². The van der Waals surface area contributed by atoms with Gasteiger partial charge in [0, 0.05) is 53.0 Å². The van der Waals surface area contributed by atoms with Crippen molar-refractivity contribution in [1.29, 1.82) is 0 Å². The fourth-order valence-corrected chi connectivity index (χ4v) is 13.0. The number of aryl methyl sites for hydroxylation is 2. The molecule has 98 heavy (non-hydrogen) atoms. The van der Waals surface area contributed by atoms with Crippen LogP contribution in [0.15, 0.2) is 152 Å². The summed E-state index contributed by atoms with van der Waals surface area (Å²) in [4.78, 5) is 42.8. The molecule has 18 nitrogen and oxygen atoms in total. The van der Waals surface area contributed by atoms with Crippen molar-refractivity contribution in [2.45, 2.75) is 71.3 Å². The maximum absolute atomic E-state index is 14.1. The molecule has 0 radical (unpaired) electrons. The molecule has 27 heteroatoms. The molecule has 3 atom stereocenters. The second-order valence-electron chi connectivity index (χ2n) is 23.9. The van der Waals surface area contributed by atoms with Crippen LogP contribution in [0.1, 0.15) is 30.4 Å². The Hall–Kier alpha value is -10.2. The highest BCUT2D eigenvalue weighted by Crippen LogP contribution is 2.42. The van der Waals surface area contributed by atoms with Crippen molar-refractivity contribution in [3.8, 4) is 67.5 Å². The summed E-state index contributed by atoms with van der Waals surface area (Å²) in [5.41, 5.74) is 9.16. The Morgan fingerprint density at radius 2 is 0.745 bits per heavy atom. The van der Waals surface area contributed by atoms with Gasteiger partial charge >= 0.3 is 0 Å². The molecule has 6 aromatic carbocycles. The van der Waals surface area contributed by atoms with Crippen molar-refractivity contribution in [3.63, 3.8) is 0 Å². The van der Waals surface area contributed by atoms with Crippen molar-refractivity contribution in [2.24, 2.45) is 0 Å². The van der Waals surface area contributed by atoms with Crippen molar-refractivity contribution < 1.29 is 40.7 Å². The Kier molecular flexibility index (Phi) is 19.3. The van der Waals surface area contributed by atoms with Crippen LogP contribution in [0.5, 0.6) is 0 Å². The Labute approximate surface area is 571 Å². The summed E-state index contributed by atoms with van der Waals surface area (Å²) in [6.07, 6.45) is -2.05. The van der Waals surface area contributed by atoms with Crippen molar-refractivity contribution in [1.82, 2.24) is 74.6 Å². The van der Waals surface area contributed by atoms with Gasteiger partial charge in [-0.15, -0.1) is 30.6 Å². The van der Waals surface area contributed by atoms with Gasteiger partial charge in [-0.25, -0.2) is 40.4 Å². The van der Waals surface area contributed by atoms with Crippen LogP contribution in [-0.4, -0.2) is 150 Å². The van der Waals surface area contributed by atoms with Crippen LogP contribution in [0, 0.1) is 31.3 Å². The molecule has 0 saturated carbocycles. The van der Waals surface area contributed by atoms with E-state index in [1.54, 1.807) is 37.3 Å². The molecule has 6 aromatic heterocycles. The van der Waals surface area contributed by atoms with Gasteiger partial charge in [-0.1, -0.05) is 132 Å². The Balaban J connectivity index is 0.000000132. The third-order valence-corrected chi connectivity index (χ3v) is 18.3. The lowest BCUT2D eigenvalue weighted by Gasteiger charge is -2.15. The van der Waals surface area contributed by atoms with Gasteiger partial charge in [0.2, 0.25) is 17.7 Å². The number of fused-ring (bicyclic) bond motifs is 3. The van der Waals surface area contributed by atoms with Gasteiger partial charge in [-0.2, -0.15) is 15.3 Å². The summed E-state index contributed by atoms with van der Waals surface area (Å²) in [7, 11) is 0. The molecule has 3 amide bonds. The van der Waals surface area contributed by atoms with E-state index in [1.807, 2.05) is 97.9 Å². The number of aromatic nitrogens is 12. The highest BCUT2D eigenvalue weighted by Gasteiger charge is 2.32. The molecule has 15 rings (SSSR count). The smallest absolute Gasteiger partial charge is 0.244 e. The molecule has 498 valence electrons. The molecule has 0 N–H and O–H groups in total. The van der Waals surface area contributed by atoms with Crippen LogP contribution >= 0.6 is 34.8 Å². The van der Waals surface area contributed by atoms with E-state index in [0.29, 0.717) is 143 Å². The van der Waals surface area contributed by atoms with Crippen LogP contribution in [0.2, 0.25) is 15.1 Å². The number of carbonyl (C=O) groups excluding carboxylic acids is 3. The first-order chi connectivity index (χ1) is 47.3. The average molecular weight is 1390 g/mol. The van der Waals surface area contributed by atoms with E-state index in [9.17, 15) is 40.7 Å². The summed E-state index contributed by atoms with van der Waals surface area (Å²) in [5, 5.41) is 42.2. The molecule has 3 fully saturated rings. The Morgan fingerprint density at radius 1 is 0.398 bits per heavy atom. The number of benzene rings is 6. The predicted octanol–water partition coefficient (Wildman–Crippen LogP) is 14.2.